The fourth-order valence-corrected chi connectivity index (χ4v) is 3.45. The number of pyridine rings is 1. The molecule has 4 aromatic rings. The van der Waals surface area contributed by atoms with Crippen molar-refractivity contribution in [3.05, 3.63) is 102 Å². The Balaban J connectivity index is 1.61. The Bertz CT molecular complexity index is 1350. The molecule has 2 aromatic heterocycles. The molecule has 2 aromatic carbocycles. The number of rotatable bonds is 5. The average Bonchev–Trinajstić information content (AvgIpc) is 3.27. The Morgan fingerprint density at radius 2 is 1.69 bits per heavy atom. The normalized spacial score (nSPS) is 11.9. The van der Waals surface area contributed by atoms with E-state index in [1.165, 1.54) is 29.5 Å². The monoisotopic (exact) mass is 490 g/mol. The van der Waals surface area contributed by atoms with Crippen molar-refractivity contribution in [2.45, 2.75) is 18.9 Å². The number of para-hydroxylation sites is 1. The fraction of sp³-hybridized carbons (Fsp3) is 0.125. The van der Waals surface area contributed by atoms with Crippen molar-refractivity contribution in [2.24, 2.45) is 0 Å². The van der Waals surface area contributed by atoms with E-state index in [-0.39, 0.29) is 11.6 Å². The third-order valence-corrected chi connectivity index (χ3v) is 5.12. The first-order valence-electron chi connectivity index (χ1n) is 10.1. The molecular weight excluding hydrogens is 474 g/mol. The van der Waals surface area contributed by atoms with Crippen LogP contribution in [0.4, 0.5) is 32.0 Å². The fourth-order valence-electron chi connectivity index (χ4n) is 3.45. The van der Waals surface area contributed by atoms with Crippen LogP contribution in [0.15, 0.2) is 79.4 Å². The number of anilines is 1. The maximum Gasteiger partial charge on any atom is 0.416 e. The van der Waals surface area contributed by atoms with Crippen molar-refractivity contribution in [3.63, 3.8) is 0 Å². The highest BCUT2D eigenvalue weighted by Crippen LogP contribution is 2.37. The first-order valence-corrected chi connectivity index (χ1v) is 10.1. The van der Waals surface area contributed by atoms with Gasteiger partial charge in [-0.15, -0.1) is 0 Å². The van der Waals surface area contributed by atoms with Crippen LogP contribution in [0.5, 0.6) is 0 Å². The lowest BCUT2D eigenvalue weighted by Gasteiger charge is -2.16. The van der Waals surface area contributed by atoms with Gasteiger partial charge in [0.1, 0.15) is 0 Å². The Labute approximate surface area is 195 Å². The second kappa shape index (κ2) is 9.24. The average molecular weight is 490 g/mol. The standard InChI is InChI=1S/C24H16F6N4O/c25-23(26,27)18-8-7-16(20(10-18)24(28,29)30)13-34-14-17(12-32-34)19-5-1-2-6-21(19)33-22(35)15-4-3-9-31-11-15/h1-12,14H,13H2,(H,33,35). The van der Waals surface area contributed by atoms with E-state index in [4.69, 9.17) is 0 Å². The third-order valence-electron chi connectivity index (χ3n) is 5.12. The van der Waals surface area contributed by atoms with Crippen LogP contribution < -0.4 is 5.32 Å². The van der Waals surface area contributed by atoms with Gasteiger partial charge in [0.15, 0.2) is 0 Å². The van der Waals surface area contributed by atoms with Crippen molar-refractivity contribution in [1.82, 2.24) is 14.8 Å². The lowest BCUT2D eigenvalue weighted by Crippen LogP contribution is -2.15. The third kappa shape index (κ3) is 5.51. The summed E-state index contributed by atoms with van der Waals surface area (Å²) in [5, 5.41) is 6.83. The molecule has 5 nitrogen and oxygen atoms in total. The van der Waals surface area contributed by atoms with Crippen molar-refractivity contribution < 1.29 is 31.1 Å². The van der Waals surface area contributed by atoms with E-state index in [0.29, 0.717) is 28.4 Å². The van der Waals surface area contributed by atoms with Gasteiger partial charge >= 0.3 is 12.4 Å². The molecule has 0 unspecified atom stereocenters. The van der Waals surface area contributed by atoms with Crippen molar-refractivity contribution >= 4 is 11.6 Å². The van der Waals surface area contributed by atoms with Crippen LogP contribution in [0.25, 0.3) is 11.1 Å². The molecule has 0 saturated heterocycles. The van der Waals surface area contributed by atoms with E-state index in [1.54, 1.807) is 36.4 Å². The largest absolute Gasteiger partial charge is 0.416 e. The minimum Gasteiger partial charge on any atom is -0.321 e. The predicted molar refractivity (Wildman–Crippen MR) is 115 cm³/mol. The van der Waals surface area contributed by atoms with Gasteiger partial charge in [0.05, 0.1) is 29.4 Å². The molecular formula is C24H16F6N4O. The van der Waals surface area contributed by atoms with Gasteiger partial charge in [-0.25, -0.2) is 0 Å². The summed E-state index contributed by atoms with van der Waals surface area (Å²) in [5.41, 5.74) is -1.31. The van der Waals surface area contributed by atoms with Gasteiger partial charge in [0.2, 0.25) is 0 Å². The van der Waals surface area contributed by atoms with E-state index in [9.17, 15) is 31.1 Å². The number of halogens is 6. The number of aromatic nitrogens is 3. The second-order valence-corrected chi connectivity index (χ2v) is 7.54. The van der Waals surface area contributed by atoms with Crippen LogP contribution >= 0.6 is 0 Å². The van der Waals surface area contributed by atoms with Crippen molar-refractivity contribution in [2.75, 3.05) is 5.32 Å². The van der Waals surface area contributed by atoms with E-state index >= 15 is 0 Å². The Morgan fingerprint density at radius 1 is 0.914 bits per heavy atom. The summed E-state index contributed by atoms with van der Waals surface area (Å²) in [6.07, 6.45) is -4.10. The summed E-state index contributed by atoms with van der Waals surface area (Å²) < 4.78 is 80.3. The summed E-state index contributed by atoms with van der Waals surface area (Å²) in [6.45, 7) is -0.406. The molecule has 2 heterocycles. The smallest absolute Gasteiger partial charge is 0.321 e. The second-order valence-electron chi connectivity index (χ2n) is 7.54. The summed E-state index contributed by atoms with van der Waals surface area (Å²) in [4.78, 5) is 16.4. The van der Waals surface area contributed by atoms with Crippen molar-refractivity contribution in [1.29, 1.82) is 0 Å². The molecule has 11 heteroatoms. The van der Waals surface area contributed by atoms with Gasteiger partial charge in [-0.3, -0.25) is 14.5 Å². The molecule has 0 fully saturated rings. The van der Waals surface area contributed by atoms with E-state index in [0.717, 1.165) is 6.07 Å². The summed E-state index contributed by atoms with van der Waals surface area (Å²) >= 11 is 0. The zero-order valence-electron chi connectivity index (χ0n) is 17.7. The van der Waals surface area contributed by atoms with Crippen molar-refractivity contribution in [3.8, 4) is 11.1 Å². The first kappa shape index (κ1) is 24.0. The summed E-state index contributed by atoms with van der Waals surface area (Å²) in [5.74, 6) is -0.405. The van der Waals surface area contributed by atoms with Gasteiger partial charge in [-0.1, -0.05) is 24.3 Å². The molecule has 4 rings (SSSR count). The number of carbonyl (C=O) groups is 1. The molecule has 0 atom stereocenters. The van der Waals surface area contributed by atoms with Gasteiger partial charge < -0.3 is 5.32 Å². The minimum atomic E-state index is -4.98. The van der Waals surface area contributed by atoms with Crippen LogP contribution in [0, 0.1) is 0 Å². The molecule has 0 aliphatic rings. The van der Waals surface area contributed by atoms with Gasteiger partial charge in [0.25, 0.3) is 5.91 Å². The topological polar surface area (TPSA) is 59.8 Å². The Hall–Kier alpha value is -4.15. The number of benzene rings is 2. The highest BCUT2D eigenvalue weighted by molar-refractivity contribution is 6.06. The number of hydrogen-bond donors (Lipinski definition) is 1. The highest BCUT2D eigenvalue weighted by atomic mass is 19.4. The van der Waals surface area contributed by atoms with Crippen LogP contribution in [0.1, 0.15) is 27.0 Å². The zero-order valence-corrected chi connectivity index (χ0v) is 17.7. The number of nitrogens with one attached hydrogen (secondary N) is 1. The van der Waals surface area contributed by atoms with Crippen LogP contribution in [-0.4, -0.2) is 20.7 Å². The van der Waals surface area contributed by atoms with Crippen LogP contribution in [0.2, 0.25) is 0 Å². The zero-order chi connectivity index (χ0) is 25.2. The molecule has 1 amide bonds. The number of nitrogens with zero attached hydrogens (tertiary/aromatic N) is 3. The number of hydrogen-bond acceptors (Lipinski definition) is 3. The Morgan fingerprint density at radius 3 is 2.37 bits per heavy atom. The lowest BCUT2D eigenvalue weighted by molar-refractivity contribution is -0.143. The quantitative estimate of drug-likeness (QED) is 0.335. The van der Waals surface area contributed by atoms with Crippen LogP contribution in [0.3, 0.4) is 0 Å². The molecule has 0 bridgehead atoms. The van der Waals surface area contributed by atoms with E-state index in [1.807, 2.05) is 0 Å². The Kier molecular flexibility index (Phi) is 6.33. The summed E-state index contributed by atoms with van der Waals surface area (Å²) in [7, 11) is 0. The molecule has 0 saturated carbocycles. The van der Waals surface area contributed by atoms with Crippen LogP contribution in [-0.2, 0) is 18.9 Å². The maximum atomic E-state index is 13.5. The molecule has 180 valence electrons. The molecule has 0 aliphatic carbocycles. The molecule has 1 N–H and O–H groups in total. The molecule has 0 radical (unpaired) electrons. The number of amides is 1. The predicted octanol–water partition coefficient (Wildman–Crippen LogP) is 6.28. The van der Waals surface area contributed by atoms with Gasteiger partial charge in [0, 0.05) is 35.4 Å². The van der Waals surface area contributed by atoms with E-state index in [2.05, 4.69) is 15.4 Å². The SMILES string of the molecule is O=C(Nc1ccccc1-c1cnn(Cc2ccc(C(F)(F)F)cc2C(F)(F)F)c1)c1cccnc1. The van der Waals surface area contributed by atoms with E-state index < -0.39 is 35.9 Å². The first-order chi connectivity index (χ1) is 16.5. The van der Waals surface area contributed by atoms with Gasteiger partial charge in [-0.05, 0) is 35.9 Å². The lowest BCUT2D eigenvalue weighted by atomic mass is 10.0. The number of alkyl halides is 6. The molecule has 35 heavy (non-hydrogen) atoms. The minimum absolute atomic E-state index is 0.100. The van der Waals surface area contributed by atoms with Gasteiger partial charge in [-0.2, -0.15) is 31.4 Å². The number of carbonyl (C=O) groups excluding carboxylic acids is 1. The summed E-state index contributed by atoms with van der Waals surface area (Å²) in [6, 6.07) is 11.5. The molecule has 0 spiro atoms. The highest BCUT2D eigenvalue weighted by Gasteiger charge is 2.38. The maximum absolute atomic E-state index is 13.5. The molecule has 0 aliphatic heterocycles.